The Morgan fingerprint density at radius 1 is 1.35 bits per heavy atom. The van der Waals surface area contributed by atoms with E-state index in [-0.39, 0.29) is 10.6 Å². The predicted octanol–water partition coefficient (Wildman–Crippen LogP) is 0.535. The fourth-order valence-corrected chi connectivity index (χ4v) is 2.11. The van der Waals surface area contributed by atoms with Crippen LogP contribution < -0.4 is 11.2 Å². The van der Waals surface area contributed by atoms with E-state index in [0.717, 1.165) is 31.6 Å². The molecule has 0 spiro atoms. The number of nitrogens with zero attached hydrogens (tertiary/aromatic N) is 2. The highest BCUT2D eigenvalue weighted by Crippen LogP contribution is 2.14. The van der Waals surface area contributed by atoms with Crippen molar-refractivity contribution in [3.63, 3.8) is 0 Å². The van der Waals surface area contributed by atoms with Crippen LogP contribution in [0.5, 0.6) is 0 Å². The molecule has 6 heteroatoms. The lowest BCUT2D eigenvalue weighted by atomic mass is 10.1. The maximum atomic E-state index is 10.8. The van der Waals surface area contributed by atoms with Gasteiger partial charge >= 0.3 is 0 Å². The molecule has 17 heavy (non-hydrogen) atoms. The number of nitrogens with two attached hydrogens (primary N) is 1. The molecule has 0 amide bonds. The number of nitrogens with one attached hydrogen (secondary N) is 1. The zero-order valence-corrected chi connectivity index (χ0v) is 9.69. The molecule has 2 rings (SSSR count). The van der Waals surface area contributed by atoms with Crippen LogP contribution in [-0.4, -0.2) is 28.4 Å². The Morgan fingerprint density at radius 2 is 2.18 bits per heavy atom. The second-order valence-electron chi connectivity index (χ2n) is 4.33. The molecule has 3 N–H and O–H groups in total. The summed E-state index contributed by atoms with van der Waals surface area (Å²) in [6.45, 7) is 1.79. The zero-order valence-electron chi connectivity index (χ0n) is 9.69. The highest BCUT2D eigenvalue weighted by Gasteiger charge is 2.26. The smallest absolute Gasteiger partial charge is 0.258 e. The van der Waals surface area contributed by atoms with Crippen molar-refractivity contribution in [1.29, 1.82) is 0 Å². The highest BCUT2D eigenvalue weighted by atomic mass is 16.6. The third-order valence-electron chi connectivity index (χ3n) is 2.97. The monoisotopic (exact) mass is 237 g/mol. The number of rotatable bonds is 1. The number of allylic oxidation sites excluding steroid dienone is 3. The van der Waals surface area contributed by atoms with Crippen molar-refractivity contribution in [3.05, 3.63) is 33.7 Å². The molecular formula is C11H17N4O2+. The standard InChI is InChI=1S/C11H16N4O2/c12-9-6-10(8-11(7-9)15(16)17)14-5-3-1-2-4-13-14/h6-7,12-13H,1-5,8H2/p+1. The van der Waals surface area contributed by atoms with Crippen LogP contribution >= 0.6 is 0 Å². The van der Waals surface area contributed by atoms with E-state index in [1.165, 1.54) is 12.5 Å². The fourth-order valence-electron chi connectivity index (χ4n) is 2.11. The first-order chi connectivity index (χ1) is 8.16. The fraction of sp³-hybridized carbons (Fsp3) is 0.545. The van der Waals surface area contributed by atoms with Gasteiger partial charge in [-0.2, -0.15) is 5.43 Å². The van der Waals surface area contributed by atoms with Gasteiger partial charge in [0.25, 0.3) is 5.70 Å². The topological polar surface area (TPSA) is 84.2 Å². The minimum absolute atomic E-state index is 0.158. The summed E-state index contributed by atoms with van der Waals surface area (Å²) in [6, 6.07) is 0. The summed E-state index contributed by atoms with van der Waals surface area (Å²) in [6.07, 6.45) is 7.00. The van der Waals surface area contributed by atoms with Crippen molar-refractivity contribution in [2.75, 3.05) is 13.1 Å². The molecule has 0 aromatic rings. The first-order valence-electron chi connectivity index (χ1n) is 5.86. The molecule has 1 aliphatic heterocycles. The van der Waals surface area contributed by atoms with E-state index in [2.05, 4.69) is 5.43 Å². The van der Waals surface area contributed by atoms with Crippen LogP contribution in [0.2, 0.25) is 0 Å². The lowest BCUT2D eigenvalue weighted by Crippen LogP contribution is -2.35. The summed E-state index contributed by atoms with van der Waals surface area (Å²) in [7, 11) is 0. The summed E-state index contributed by atoms with van der Waals surface area (Å²) < 4.78 is 2.00. The van der Waals surface area contributed by atoms with E-state index >= 15 is 0 Å². The Bertz CT molecular complexity index is 413. The van der Waals surface area contributed by atoms with E-state index < -0.39 is 0 Å². The molecule has 2 aliphatic rings. The molecular weight excluding hydrogens is 220 g/mol. The van der Waals surface area contributed by atoms with E-state index in [4.69, 9.17) is 5.73 Å². The molecule has 0 aromatic carbocycles. The zero-order chi connectivity index (χ0) is 12.3. The van der Waals surface area contributed by atoms with Crippen molar-refractivity contribution < 1.29 is 9.61 Å². The van der Waals surface area contributed by atoms with Crippen molar-refractivity contribution in [3.8, 4) is 0 Å². The molecule has 0 saturated carbocycles. The van der Waals surface area contributed by atoms with Gasteiger partial charge in [-0.1, -0.05) is 0 Å². The molecule has 0 unspecified atom stereocenters. The molecule has 6 nitrogen and oxygen atoms in total. The molecule has 0 aromatic heterocycles. The van der Waals surface area contributed by atoms with Gasteiger partial charge in [0.2, 0.25) is 5.71 Å². The van der Waals surface area contributed by atoms with Crippen molar-refractivity contribution in [2.45, 2.75) is 25.7 Å². The molecule has 1 saturated heterocycles. The largest absolute Gasteiger partial charge is 0.398 e. The molecule has 1 fully saturated rings. The maximum absolute atomic E-state index is 10.8. The van der Waals surface area contributed by atoms with Crippen LogP contribution in [0, 0.1) is 10.1 Å². The van der Waals surface area contributed by atoms with Gasteiger partial charge in [-0.3, -0.25) is 10.1 Å². The van der Waals surface area contributed by atoms with Crippen LogP contribution in [0.1, 0.15) is 25.7 Å². The summed E-state index contributed by atoms with van der Waals surface area (Å²) in [4.78, 5) is 10.4. The Kier molecular flexibility index (Phi) is 3.41. The average Bonchev–Trinajstić information content (AvgIpc) is 2.56. The van der Waals surface area contributed by atoms with Gasteiger partial charge in [0.1, 0.15) is 6.42 Å². The number of nitro groups is 1. The third-order valence-corrected chi connectivity index (χ3v) is 2.97. The minimum Gasteiger partial charge on any atom is -0.398 e. The molecule has 0 bridgehead atoms. The molecule has 1 aliphatic carbocycles. The van der Waals surface area contributed by atoms with E-state index in [0.29, 0.717) is 12.1 Å². The Balaban J connectivity index is 2.25. The Morgan fingerprint density at radius 3 is 2.94 bits per heavy atom. The summed E-state index contributed by atoms with van der Waals surface area (Å²) in [5.74, 6) is 0. The normalized spacial score (nSPS) is 25.4. The van der Waals surface area contributed by atoms with Crippen LogP contribution in [0.4, 0.5) is 0 Å². The molecule has 1 heterocycles. The number of hydrazone groups is 1. The highest BCUT2D eigenvalue weighted by molar-refractivity contribution is 5.94. The van der Waals surface area contributed by atoms with Crippen molar-refractivity contribution >= 4 is 5.71 Å². The van der Waals surface area contributed by atoms with Gasteiger partial charge in [0.05, 0.1) is 11.5 Å². The molecule has 92 valence electrons. The second kappa shape index (κ2) is 4.99. The SMILES string of the molecule is NC1=CC(=[N+]2CCCCCN2)CC([N+](=O)[O-])=C1. The van der Waals surface area contributed by atoms with E-state index in [9.17, 15) is 10.1 Å². The van der Waals surface area contributed by atoms with Gasteiger partial charge in [0.15, 0.2) is 6.54 Å². The Labute approximate surface area is 99.6 Å². The summed E-state index contributed by atoms with van der Waals surface area (Å²) in [5.41, 5.74) is 10.5. The first kappa shape index (κ1) is 11.6. The minimum atomic E-state index is -0.363. The lowest BCUT2D eigenvalue weighted by Gasteiger charge is -2.08. The van der Waals surface area contributed by atoms with Crippen molar-refractivity contribution in [2.24, 2.45) is 5.73 Å². The Hall–Kier alpha value is -1.85. The van der Waals surface area contributed by atoms with Gasteiger partial charge in [0, 0.05) is 24.3 Å². The average molecular weight is 237 g/mol. The van der Waals surface area contributed by atoms with Crippen LogP contribution in [-0.2, 0) is 0 Å². The van der Waals surface area contributed by atoms with Crippen molar-refractivity contribution in [1.82, 2.24) is 5.43 Å². The van der Waals surface area contributed by atoms with Crippen LogP contribution in [0.3, 0.4) is 0 Å². The third kappa shape index (κ3) is 2.83. The van der Waals surface area contributed by atoms with Crippen LogP contribution in [0.15, 0.2) is 23.5 Å². The first-order valence-corrected chi connectivity index (χ1v) is 5.86. The molecule has 0 atom stereocenters. The predicted molar refractivity (Wildman–Crippen MR) is 64.0 cm³/mol. The maximum Gasteiger partial charge on any atom is 0.258 e. The van der Waals surface area contributed by atoms with Gasteiger partial charge < -0.3 is 5.73 Å². The van der Waals surface area contributed by atoms with Gasteiger partial charge in [-0.15, -0.1) is 4.68 Å². The number of hydrogen-bond donors (Lipinski definition) is 2. The van der Waals surface area contributed by atoms with Gasteiger partial charge in [-0.05, 0) is 12.8 Å². The van der Waals surface area contributed by atoms with E-state index in [1.54, 1.807) is 0 Å². The summed E-state index contributed by atoms with van der Waals surface area (Å²) >= 11 is 0. The lowest BCUT2D eigenvalue weighted by molar-refractivity contribution is -0.585. The molecule has 0 radical (unpaired) electrons. The van der Waals surface area contributed by atoms with Gasteiger partial charge in [-0.25, -0.2) is 0 Å². The second-order valence-corrected chi connectivity index (χ2v) is 4.33. The van der Waals surface area contributed by atoms with Crippen LogP contribution in [0.25, 0.3) is 0 Å². The quantitative estimate of drug-likeness (QED) is 0.396. The number of hydrogen-bond acceptors (Lipinski definition) is 4. The number of hydrazine groups is 1. The summed E-state index contributed by atoms with van der Waals surface area (Å²) in [5, 5.41) is 10.8. The van der Waals surface area contributed by atoms with E-state index in [1.807, 2.05) is 10.8 Å².